The van der Waals surface area contributed by atoms with E-state index in [0.29, 0.717) is 18.0 Å². The van der Waals surface area contributed by atoms with Crippen LogP contribution in [0.3, 0.4) is 0 Å². The van der Waals surface area contributed by atoms with Crippen LogP contribution in [-0.2, 0) is 6.54 Å². The molecule has 2 rings (SSSR count). The number of aromatic nitrogens is 1. The summed E-state index contributed by atoms with van der Waals surface area (Å²) in [4.78, 5) is 11.2. The Hall–Kier alpha value is -1.97. The first kappa shape index (κ1) is 11.5. The number of para-hydroxylation sites is 1. The molecule has 0 aliphatic carbocycles. The third-order valence-electron chi connectivity index (χ3n) is 2.77. The topological polar surface area (TPSA) is 51.5 Å². The Kier molecular flexibility index (Phi) is 3.04. The number of rotatable bonds is 4. The van der Waals surface area contributed by atoms with Gasteiger partial charge in [0.15, 0.2) is 0 Å². The monoisotopic (exact) mass is 233 g/mol. The first-order chi connectivity index (χ1) is 8.19. The van der Waals surface area contributed by atoms with Gasteiger partial charge in [0.1, 0.15) is 11.4 Å². The average molecular weight is 233 g/mol. The van der Waals surface area contributed by atoms with Crippen molar-refractivity contribution in [3.8, 4) is 5.75 Å². The lowest BCUT2D eigenvalue weighted by molar-refractivity contribution is 0.0685. The van der Waals surface area contributed by atoms with Gasteiger partial charge in [-0.05, 0) is 18.6 Å². The summed E-state index contributed by atoms with van der Waals surface area (Å²) >= 11 is 0. The van der Waals surface area contributed by atoms with Gasteiger partial charge < -0.3 is 14.4 Å². The second-order valence-electron chi connectivity index (χ2n) is 3.88. The normalized spacial score (nSPS) is 10.7. The Labute approximate surface area is 99.4 Å². The van der Waals surface area contributed by atoms with Crippen LogP contribution in [0.2, 0.25) is 0 Å². The zero-order valence-electron chi connectivity index (χ0n) is 9.93. The van der Waals surface area contributed by atoms with Gasteiger partial charge >= 0.3 is 5.97 Å². The van der Waals surface area contributed by atoms with Crippen LogP contribution in [-0.4, -0.2) is 22.8 Å². The third-order valence-corrected chi connectivity index (χ3v) is 2.77. The number of methoxy groups -OCH3 is 1. The first-order valence-corrected chi connectivity index (χ1v) is 5.58. The van der Waals surface area contributed by atoms with Gasteiger partial charge in [0.05, 0.1) is 12.6 Å². The first-order valence-electron chi connectivity index (χ1n) is 5.58. The van der Waals surface area contributed by atoms with E-state index in [0.717, 1.165) is 17.3 Å². The van der Waals surface area contributed by atoms with Crippen LogP contribution in [0, 0.1) is 0 Å². The van der Waals surface area contributed by atoms with Gasteiger partial charge in [-0.15, -0.1) is 0 Å². The standard InChI is InChI=1S/C13H15NO3/c1-3-7-14-10(13(15)16)8-9-5-4-6-11(17-2)12(9)14/h4-6,8H,3,7H2,1-2H3,(H,15,16). The highest BCUT2D eigenvalue weighted by atomic mass is 16.5. The van der Waals surface area contributed by atoms with E-state index < -0.39 is 5.97 Å². The highest BCUT2D eigenvalue weighted by Gasteiger charge is 2.16. The van der Waals surface area contributed by atoms with E-state index >= 15 is 0 Å². The Balaban J connectivity index is 2.76. The zero-order chi connectivity index (χ0) is 12.4. The summed E-state index contributed by atoms with van der Waals surface area (Å²) in [6.07, 6.45) is 0.877. The van der Waals surface area contributed by atoms with Crippen molar-refractivity contribution in [2.45, 2.75) is 19.9 Å². The maximum Gasteiger partial charge on any atom is 0.352 e. The number of nitrogens with zero attached hydrogens (tertiary/aromatic N) is 1. The van der Waals surface area contributed by atoms with E-state index in [2.05, 4.69) is 0 Å². The van der Waals surface area contributed by atoms with Crippen LogP contribution in [0.15, 0.2) is 24.3 Å². The van der Waals surface area contributed by atoms with Crippen molar-refractivity contribution < 1.29 is 14.6 Å². The number of hydrogen-bond donors (Lipinski definition) is 1. The van der Waals surface area contributed by atoms with E-state index in [1.165, 1.54) is 0 Å². The molecule has 1 aromatic carbocycles. The SMILES string of the molecule is CCCn1c(C(=O)O)cc2cccc(OC)c21. The Morgan fingerprint density at radius 1 is 1.47 bits per heavy atom. The highest BCUT2D eigenvalue weighted by Crippen LogP contribution is 2.29. The molecule has 0 unspecified atom stereocenters. The number of hydrogen-bond acceptors (Lipinski definition) is 2. The van der Waals surface area contributed by atoms with E-state index in [1.807, 2.05) is 25.1 Å². The van der Waals surface area contributed by atoms with Crippen LogP contribution in [0.4, 0.5) is 0 Å². The predicted octanol–water partition coefficient (Wildman–Crippen LogP) is 2.76. The summed E-state index contributed by atoms with van der Waals surface area (Å²) in [5.41, 5.74) is 1.17. The van der Waals surface area contributed by atoms with Gasteiger partial charge in [-0.25, -0.2) is 4.79 Å². The molecule has 90 valence electrons. The summed E-state index contributed by atoms with van der Waals surface area (Å²) in [5.74, 6) is -0.194. The van der Waals surface area contributed by atoms with Crippen LogP contribution in [0.5, 0.6) is 5.75 Å². The van der Waals surface area contributed by atoms with Crippen molar-refractivity contribution in [3.63, 3.8) is 0 Å². The maximum atomic E-state index is 11.2. The van der Waals surface area contributed by atoms with Gasteiger partial charge in [0.25, 0.3) is 0 Å². The molecule has 1 heterocycles. The number of carboxylic acids is 1. The molecule has 2 aromatic rings. The summed E-state index contributed by atoms with van der Waals surface area (Å²) in [6.45, 7) is 2.69. The van der Waals surface area contributed by atoms with Crippen molar-refractivity contribution >= 4 is 16.9 Å². The lowest BCUT2D eigenvalue weighted by Crippen LogP contribution is -2.08. The second-order valence-corrected chi connectivity index (χ2v) is 3.88. The highest BCUT2D eigenvalue weighted by molar-refractivity contribution is 5.96. The number of carboxylic acid groups (broad SMARTS) is 1. The van der Waals surface area contributed by atoms with Crippen LogP contribution in [0.25, 0.3) is 10.9 Å². The van der Waals surface area contributed by atoms with E-state index in [-0.39, 0.29) is 0 Å². The molecular weight excluding hydrogens is 218 g/mol. The molecule has 4 heteroatoms. The van der Waals surface area contributed by atoms with Gasteiger partial charge in [-0.2, -0.15) is 0 Å². The Bertz CT molecular complexity index is 557. The fraction of sp³-hybridized carbons (Fsp3) is 0.308. The van der Waals surface area contributed by atoms with E-state index in [9.17, 15) is 9.90 Å². The van der Waals surface area contributed by atoms with E-state index in [4.69, 9.17) is 4.74 Å². The molecular formula is C13H15NO3. The number of aryl methyl sites for hydroxylation is 1. The molecule has 17 heavy (non-hydrogen) atoms. The lowest BCUT2D eigenvalue weighted by Gasteiger charge is -2.09. The minimum atomic E-state index is -0.906. The number of carbonyl (C=O) groups is 1. The fourth-order valence-electron chi connectivity index (χ4n) is 2.09. The minimum absolute atomic E-state index is 0.311. The molecule has 0 bridgehead atoms. The van der Waals surface area contributed by atoms with Gasteiger partial charge in [0, 0.05) is 11.9 Å². The van der Waals surface area contributed by atoms with Crippen LogP contribution < -0.4 is 4.74 Å². The zero-order valence-corrected chi connectivity index (χ0v) is 9.93. The van der Waals surface area contributed by atoms with Crippen LogP contribution >= 0.6 is 0 Å². The van der Waals surface area contributed by atoms with Crippen molar-refractivity contribution in [2.75, 3.05) is 7.11 Å². The number of ether oxygens (including phenoxy) is 1. The number of fused-ring (bicyclic) bond motifs is 1. The molecule has 0 fully saturated rings. The van der Waals surface area contributed by atoms with Crippen LogP contribution in [0.1, 0.15) is 23.8 Å². The average Bonchev–Trinajstić information content (AvgIpc) is 2.69. The number of benzene rings is 1. The molecule has 0 aliphatic heterocycles. The smallest absolute Gasteiger partial charge is 0.352 e. The molecule has 0 aliphatic rings. The summed E-state index contributed by atoms with van der Waals surface area (Å²) in [7, 11) is 1.60. The quantitative estimate of drug-likeness (QED) is 0.883. The summed E-state index contributed by atoms with van der Waals surface area (Å²) in [5, 5.41) is 10.1. The molecule has 0 saturated heterocycles. The molecule has 4 nitrogen and oxygen atoms in total. The number of aromatic carboxylic acids is 1. The predicted molar refractivity (Wildman–Crippen MR) is 65.7 cm³/mol. The molecule has 1 aromatic heterocycles. The lowest BCUT2D eigenvalue weighted by atomic mass is 10.2. The molecule has 1 N–H and O–H groups in total. The molecule has 0 spiro atoms. The van der Waals surface area contributed by atoms with Crippen molar-refractivity contribution in [1.82, 2.24) is 4.57 Å². The largest absolute Gasteiger partial charge is 0.495 e. The molecule has 0 saturated carbocycles. The van der Waals surface area contributed by atoms with Crippen molar-refractivity contribution in [2.24, 2.45) is 0 Å². The van der Waals surface area contributed by atoms with Crippen molar-refractivity contribution in [1.29, 1.82) is 0 Å². The summed E-state index contributed by atoms with van der Waals surface area (Å²) < 4.78 is 7.10. The summed E-state index contributed by atoms with van der Waals surface area (Å²) in [6, 6.07) is 7.30. The van der Waals surface area contributed by atoms with Gasteiger partial charge in [0.2, 0.25) is 0 Å². The Morgan fingerprint density at radius 2 is 2.24 bits per heavy atom. The fourth-order valence-corrected chi connectivity index (χ4v) is 2.09. The van der Waals surface area contributed by atoms with Crippen molar-refractivity contribution in [3.05, 3.63) is 30.0 Å². The maximum absolute atomic E-state index is 11.2. The minimum Gasteiger partial charge on any atom is -0.495 e. The Morgan fingerprint density at radius 3 is 2.82 bits per heavy atom. The van der Waals surface area contributed by atoms with Gasteiger partial charge in [-0.1, -0.05) is 19.1 Å². The third kappa shape index (κ3) is 1.86. The van der Waals surface area contributed by atoms with Gasteiger partial charge in [-0.3, -0.25) is 0 Å². The van der Waals surface area contributed by atoms with E-state index in [1.54, 1.807) is 17.7 Å². The second kappa shape index (κ2) is 4.49. The molecule has 0 atom stereocenters. The molecule has 0 radical (unpaired) electrons. The molecule has 0 amide bonds.